The fourth-order valence-corrected chi connectivity index (χ4v) is 6.40. The lowest BCUT2D eigenvalue weighted by Gasteiger charge is -2.32. The Kier molecular flexibility index (Phi) is 7.09. The van der Waals surface area contributed by atoms with Crippen molar-refractivity contribution >= 4 is 43.5 Å². The third kappa shape index (κ3) is 5.98. The first-order chi connectivity index (χ1) is 16.7. The van der Waals surface area contributed by atoms with Crippen molar-refractivity contribution in [3.63, 3.8) is 0 Å². The highest BCUT2D eigenvalue weighted by Crippen LogP contribution is 2.43. The van der Waals surface area contributed by atoms with Crippen LogP contribution in [0, 0.1) is 5.82 Å². The average Bonchev–Trinajstić information content (AvgIpc) is 3.69. The summed E-state index contributed by atoms with van der Waals surface area (Å²) in [4.78, 5) is 19.0. The molecule has 35 heavy (non-hydrogen) atoms. The number of halogens is 3. The number of rotatable bonds is 8. The minimum absolute atomic E-state index is 0.00319. The number of piperidine rings is 1. The first kappa shape index (κ1) is 24.9. The number of sulfonamides is 1. The molecule has 1 aliphatic heterocycles. The van der Waals surface area contributed by atoms with Gasteiger partial charge in [-0.15, -0.1) is 0 Å². The number of nitrogens with one attached hydrogen (secondary N) is 1. The summed E-state index contributed by atoms with van der Waals surface area (Å²) in [5.41, 5.74) is 1.58. The van der Waals surface area contributed by atoms with Gasteiger partial charge < -0.3 is 4.74 Å². The quantitative estimate of drug-likeness (QED) is 0.479. The second-order valence-electron chi connectivity index (χ2n) is 9.51. The third-order valence-electron chi connectivity index (χ3n) is 6.67. The fourth-order valence-electron chi connectivity index (χ4n) is 4.44. The molecule has 0 spiro atoms. The molecule has 2 aliphatic carbocycles. The highest BCUT2D eigenvalue weighted by atomic mass is 79.9. The number of pyridine rings is 1. The van der Waals surface area contributed by atoms with Gasteiger partial charge in [0.15, 0.2) is 0 Å². The molecule has 1 aromatic carbocycles. The van der Waals surface area contributed by atoms with Gasteiger partial charge in [0.2, 0.25) is 15.9 Å². The maximum absolute atomic E-state index is 15.0. The molecule has 11 heteroatoms. The summed E-state index contributed by atoms with van der Waals surface area (Å²) in [6.07, 6.45) is 6.25. The van der Waals surface area contributed by atoms with Crippen LogP contribution in [0.15, 0.2) is 28.9 Å². The van der Waals surface area contributed by atoms with E-state index in [1.165, 1.54) is 6.07 Å². The molecule has 0 atom stereocenters. The van der Waals surface area contributed by atoms with Gasteiger partial charge in [0, 0.05) is 30.3 Å². The predicted molar refractivity (Wildman–Crippen MR) is 134 cm³/mol. The van der Waals surface area contributed by atoms with E-state index in [-0.39, 0.29) is 17.6 Å². The van der Waals surface area contributed by atoms with E-state index in [0.717, 1.165) is 54.4 Å². The van der Waals surface area contributed by atoms with Crippen molar-refractivity contribution in [3.8, 4) is 5.88 Å². The Morgan fingerprint density at radius 2 is 1.89 bits per heavy atom. The zero-order chi connectivity index (χ0) is 24.7. The SMILES string of the molecule is O=C(NS(=O)(=O)C1CC1)c1cc(C2CC2)c(CN2CCC(Oc3ncc(Br)cc3Cl)CC2)cc1F. The summed E-state index contributed by atoms with van der Waals surface area (Å²) in [5.74, 6) is -0.879. The Labute approximate surface area is 217 Å². The summed E-state index contributed by atoms with van der Waals surface area (Å²) in [7, 11) is -3.74. The second kappa shape index (κ2) is 9.95. The zero-order valence-corrected chi connectivity index (χ0v) is 22.1. The maximum Gasteiger partial charge on any atom is 0.267 e. The highest BCUT2D eigenvalue weighted by molar-refractivity contribution is 9.10. The van der Waals surface area contributed by atoms with Gasteiger partial charge in [0.1, 0.15) is 16.9 Å². The van der Waals surface area contributed by atoms with Gasteiger partial charge in [-0.1, -0.05) is 11.6 Å². The van der Waals surface area contributed by atoms with Gasteiger partial charge in [-0.3, -0.25) is 9.69 Å². The average molecular weight is 587 g/mol. The van der Waals surface area contributed by atoms with Crippen LogP contribution in [-0.4, -0.2) is 48.7 Å². The lowest BCUT2D eigenvalue weighted by atomic mass is 9.97. The predicted octanol–water partition coefficient (Wildman–Crippen LogP) is 4.78. The van der Waals surface area contributed by atoms with Crippen LogP contribution in [-0.2, 0) is 16.6 Å². The first-order valence-corrected chi connectivity index (χ1v) is 14.5. The minimum Gasteiger partial charge on any atom is -0.473 e. The Hall–Kier alpha value is -1.75. The Morgan fingerprint density at radius 1 is 1.17 bits per heavy atom. The number of benzene rings is 1. The van der Waals surface area contributed by atoms with Crippen molar-refractivity contribution in [1.29, 1.82) is 0 Å². The number of nitrogens with zero attached hydrogens (tertiary/aromatic N) is 2. The number of carbonyl (C=O) groups is 1. The van der Waals surface area contributed by atoms with Crippen molar-refractivity contribution in [3.05, 3.63) is 56.4 Å². The largest absolute Gasteiger partial charge is 0.473 e. The second-order valence-corrected chi connectivity index (χ2v) is 12.8. The molecular weight excluding hydrogens is 561 g/mol. The van der Waals surface area contributed by atoms with Crippen LogP contribution in [0.4, 0.5) is 4.39 Å². The molecule has 1 N–H and O–H groups in total. The minimum atomic E-state index is -3.74. The zero-order valence-electron chi connectivity index (χ0n) is 19.0. The van der Waals surface area contributed by atoms with Crippen LogP contribution < -0.4 is 9.46 Å². The lowest BCUT2D eigenvalue weighted by molar-refractivity contribution is 0.0929. The van der Waals surface area contributed by atoms with Crippen molar-refractivity contribution in [1.82, 2.24) is 14.6 Å². The van der Waals surface area contributed by atoms with Crippen molar-refractivity contribution in [2.45, 2.75) is 62.3 Å². The van der Waals surface area contributed by atoms with E-state index in [1.807, 2.05) is 4.72 Å². The van der Waals surface area contributed by atoms with Crippen LogP contribution in [0.1, 0.15) is 65.9 Å². The fraction of sp³-hybridized carbons (Fsp3) is 0.500. The summed E-state index contributed by atoms with van der Waals surface area (Å²) < 4.78 is 48.1. The molecule has 3 fully saturated rings. The number of likely N-dealkylation sites (tertiary alicyclic amines) is 1. The third-order valence-corrected chi connectivity index (χ3v) is 9.19. The van der Waals surface area contributed by atoms with E-state index < -0.39 is 27.0 Å². The molecule has 7 nitrogen and oxygen atoms in total. The lowest BCUT2D eigenvalue weighted by Crippen LogP contribution is -2.38. The Bertz CT molecular complexity index is 1250. The normalized spacial score (nSPS) is 19.5. The van der Waals surface area contributed by atoms with Crippen LogP contribution >= 0.6 is 27.5 Å². The van der Waals surface area contributed by atoms with E-state index in [9.17, 15) is 17.6 Å². The molecule has 1 saturated heterocycles. The summed E-state index contributed by atoms with van der Waals surface area (Å²) in [6.45, 7) is 2.11. The van der Waals surface area contributed by atoms with Gasteiger partial charge in [-0.05, 0) is 89.7 Å². The summed E-state index contributed by atoms with van der Waals surface area (Å²) >= 11 is 9.55. The van der Waals surface area contributed by atoms with Gasteiger partial charge >= 0.3 is 0 Å². The van der Waals surface area contributed by atoms with Crippen LogP contribution in [0.2, 0.25) is 5.02 Å². The van der Waals surface area contributed by atoms with E-state index in [0.29, 0.717) is 30.3 Å². The molecule has 2 saturated carbocycles. The van der Waals surface area contributed by atoms with Crippen molar-refractivity contribution < 1.29 is 22.3 Å². The van der Waals surface area contributed by atoms with Gasteiger partial charge in [-0.25, -0.2) is 22.5 Å². The van der Waals surface area contributed by atoms with Crippen LogP contribution in [0.5, 0.6) is 5.88 Å². The number of amides is 1. The number of hydrogen-bond donors (Lipinski definition) is 1. The molecule has 1 aromatic heterocycles. The molecule has 3 aliphatic rings. The van der Waals surface area contributed by atoms with Gasteiger partial charge in [0.05, 0.1) is 10.8 Å². The topological polar surface area (TPSA) is 88.6 Å². The van der Waals surface area contributed by atoms with Crippen molar-refractivity contribution in [2.75, 3.05) is 13.1 Å². The van der Waals surface area contributed by atoms with E-state index >= 15 is 0 Å². The Balaban J connectivity index is 1.24. The molecule has 2 heterocycles. The summed E-state index contributed by atoms with van der Waals surface area (Å²) in [6, 6.07) is 4.70. The first-order valence-electron chi connectivity index (χ1n) is 11.8. The molecule has 0 bridgehead atoms. The monoisotopic (exact) mass is 585 g/mol. The van der Waals surface area contributed by atoms with Gasteiger partial charge in [0.25, 0.3) is 5.91 Å². The summed E-state index contributed by atoms with van der Waals surface area (Å²) in [5, 5.41) is -0.0837. The number of carbonyl (C=O) groups excluding carboxylic acids is 1. The van der Waals surface area contributed by atoms with E-state index in [4.69, 9.17) is 16.3 Å². The van der Waals surface area contributed by atoms with Crippen LogP contribution in [0.25, 0.3) is 0 Å². The number of ether oxygens (including phenoxy) is 1. The molecule has 1 amide bonds. The highest BCUT2D eigenvalue weighted by Gasteiger charge is 2.38. The smallest absolute Gasteiger partial charge is 0.267 e. The molecule has 188 valence electrons. The van der Waals surface area contributed by atoms with Crippen molar-refractivity contribution in [2.24, 2.45) is 0 Å². The molecular formula is C24H26BrClFN3O4S. The molecule has 5 rings (SSSR count). The number of aromatic nitrogens is 1. The number of hydrogen-bond acceptors (Lipinski definition) is 6. The Morgan fingerprint density at radius 3 is 2.51 bits per heavy atom. The standard InChI is InChI=1S/C24H26BrClFN3O4S/c25-16-10-21(26)24(28-12-16)34-17-5-7-30(8-6-17)13-15-9-22(27)20(11-19(15)14-1-2-14)23(31)29-35(32,33)18-3-4-18/h9-12,14,17-18H,1-8,13H2,(H,29,31). The molecule has 0 unspecified atom stereocenters. The maximum atomic E-state index is 15.0. The molecule has 2 aromatic rings. The molecule has 0 radical (unpaired) electrons. The van der Waals surface area contributed by atoms with E-state index in [1.54, 1.807) is 18.3 Å². The van der Waals surface area contributed by atoms with Crippen LogP contribution in [0.3, 0.4) is 0 Å². The van der Waals surface area contributed by atoms with E-state index in [2.05, 4.69) is 25.8 Å². The van der Waals surface area contributed by atoms with Gasteiger partial charge in [-0.2, -0.15) is 0 Å².